The number of carboxylic acid groups (broad SMARTS) is 3. The van der Waals surface area contributed by atoms with E-state index in [0.29, 0.717) is 0 Å². The normalized spacial score (nSPS) is 10.8. The molecule has 0 fully saturated rings. The second-order valence-electron chi connectivity index (χ2n) is 4.06. The smallest absolute Gasteiger partial charge is 0.332 e. The standard InChI is InChI=1S/C10H16N2O8/c11-1-2-12-20-9(19)10(3-6(13)14,4-7(15)16)5-8(17)18/h12H,1-5,11H2,(H,13,14)(H,15,16)(H,17,18). The molecule has 0 aromatic carbocycles. The topological polar surface area (TPSA) is 176 Å². The molecule has 0 amide bonds. The molecule has 0 spiro atoms. The minimum atomic E-state index is -2.19. The van der Waals surface area contributed by atoms with Crippen molar-refractivity contribution in [3.63, 3.8) is 0 Å². The molecule has 0 atom stereocenters. The molecule has 0 rings (SSSR count). The Morgan fingerprint density at radius 1 is 0.950 bits per heavy atom. The quantitative estimate of drug-likeness (QED) is 0.233. The Balaban J connectivity index is 5.22. The number of hydrogen-bond acceptors (Lipinski definition) is 7. The average Bonchev–Trinajstić information content (AvgIpc) is 2.25. The number of carboxylic acids is 3. The van der Waals surface area contributed by atoms with E-state index in [1.165, 1.54) is 0 Å². The number of nitrogens with one attached hydrogen (secondary N) is 1. The summed E-state index contributed by atoms with van der Waals surface area (Å²) in [4.78, 5) is 48.7. The summed E-state index contributed by atoms with van der Waals surface area (Å²) in [6, 6.07) is 0. The minimum absolute atomic E-state index is 0.0506. The molecule has 0 aromatic heterocycles. The number of carbonyl (C=O) groups excluding carboxylic acids is 1. The third-order valence-electron chi connectivity index (χ3n) is 2.31. The fourth-order valence-electron chi connectivity index (χ4n) is 1.56. The van der Waals surface area contributed by atoms with Crippen LogP contribution in [0.5, 0.6) is 0 Å². The van der Waals surface area contributed by atoms with E-state index in [4.69, 9.17) is 21.1 Å². The van der Waals surface area contributed by atoms with Crippen molar-refractivity contribution in [3.8, 4) is 0 Å². The van der Waals surface area contributed by atoms with Gasteiger partial charge in [-0.05, 0) is 0 Å². The molecule has 0 radical (unpaired) electrons. The first-order valence-corrected chi connectivity index (χ1v) is 5.53. The zero-order valence-electron chi connectivity index (χ0n) is 10.5. The van der Waals surface area contributed by atoms with E-state index in [-0.39, 0.29) is 13.1 Å². The summed E-state index contributed by atoms with van der Waals surface area (Å²) in [6.07, 6.45) is -2.93. The molecule has 0 saturated heterocycles. The van der Waals surface area contributed by atoms with Gasteiger partial charge in [-0.25, -0.2) is 4.79 Å². The van der Waals surface area contributed by atoms with Gasteiger partial charge in [0, 0.05) is 13.1 Å². The van der Waals surface area contributed by atoms with Gasteiger partial charge < -0.3 is 25.9 Å². The lowest BCUT2D eigenvalue weighted by atomic mass is 9.78. The van der Waals surface area contributed by atoms with E-state index in [9.17, 15) is 19.2 Å². The average molecular weight is 292 g/mol. The number of nitrogens with two attached hydrogens (primary N) is 1. The minimum Gasteiger partial charge on any atom is -0.481 e. The maximum Gasteiger partial charge on any atom is 0.332 e. The van der Waals surface area contributed by atoms with Crippen molar-refractivity contribution in [2.75, 3.05) is 13.1 Å². The van der Waals surface area contributed by atoms with Crippen molar-refractivity contribution in [2.24, 2.45) is 11.1 Å². The van der Waals surface area contributed by atoms with E-state index in [1.807, 2.05) is 0 Å². The lowest BCUT2D eigenvalue weighted by Crippen LogP contribution is -2.42. The van der Waals surface area contributed by atoms with Gasteiger partial charge in [0.2, 0.25) is 0 Å². The number of hydroxylamine groups is 1. The van der Waals surface area contributed by atoms with E-state index < -0.39 is 48.6 Å². The third-order valence-corrected chi connectivity index (χ3v) is 2.31. The van der Waals surface area contributed by atoms with Gasteiger partial charge in [-0.3, -0.25) is 14.4 Å². The van der Waals surface area contributed by atoms with Gasteiger partial charge in [0.25, 0.3) is 0 Å². The van der Waals surface area contributed by atoms with Crippen LogP contribution in [0, 0.1) is 5.41 Å². The summed E-state index contributed by atoms with van der Waals surface area (Å²) in [5.41, 5.74) is 5.05. The Kier molecular flexibility index (Phi) is 7.18. The predicted octanol–water partition coefficient (Wildman–Crippen LogP) is -1.60. The number of rotatable bonds is 10. The van der Waals surface area contributed by atoms with Gasteiger partial charge in [-0.2, -0.15) is 5.48 Å². The van der Waals surface area contributed by atoms with Crippen LogP contribution in [0.1, 0.15) is 19.3 Å². The lowest BCUT2D eigenvalue weighted by molar-refractivity contribution is -0.174. The maximum atomic E-state index is 11.8. The number of aliphatic carboxylic acids is 3. The zero-order valence-corrected chi connectivity index (χ0v) is 10.5. The van der Waals surface area contributed by atoms with Crippen LogP contribution < -0.4 is 11.2 Å². The molecule has 0 heterocycles. The van der Waals surface area contributed by atoms with Crippen molar-refractivity contribution in [3.05, 3.63) is 0 Å². The molecule has 20 heavy (non-hydrogen) atoms. The van der Waals surface area contributed by atoms with Crippen LogP contribution in [0.25, 0.3) is 0 Å². The summed E-state index contributed by atoms with van der Waals surface area (Å²) < 4.78 is 0. The molecule has 10 heteroatoms. The van der Waals surface area contributed by atoms with Gasteiger partial charge in [0.1, 0.15) is 5.41 Å². The van der Waals surface area contributed by atoms with Gasteiger partial charge in [-0.1, -0.05) is 0 Å². The monoisotopic (exact) mass is 292 g/mol. The fourth-order valence-corrected chi connectivity index (χ4v) is 1.56. The van der Waals surface area contributed by atoms with Crippen molar-refractivity contribution in [1.82, 2.24) is 5.48 Å². The molecule has 6 N–H and O–H groups in total. The van der Waals surface area contributed by atoms with E-state index in [0.717, 1.165) is 0 Å². The summed E-state index contributed by atoms with van der Waals surface area (Å²) in [5, 5.41) is 26.3. The Hall–Kier alpha value is -2.20. The first-order valence-electron chi connectivity index (χ1n) is 5.53. The molecule has 10 nitrogen and oxygen atoms in total. The second-order valence-corrected chi connectivity index (χ2v) is 4.06. The van der Waals surface area contributed by atoms with E-state index in [2.05, 4.69) is 10.3 Å². The molecular formula is C10H16N2O8. The summed E-state index contributed by atoms with van der Waals surface area (Å²) in [6.45, 7) is 0.159. The van der Waals surface area contributed by atoms with Crippen LogP contribution in [0.4, 0.5) is 0 Å². The van der Waals surface area contributed by atoms with Crippen molar-refractivity contribution in [2.45, 2.75) is 19.3 Å². The Labute approximate surface area is 113 Å². The molecule has 114 valence electrons. The first kappa shape index (κ1) is 17.8. The largest absolute Gasteiger partial charge is 0.481 e. The molecule has 0 saturated carbocycles. The summed E-state index contributed by atoms with van der Waals surface area (Å²) in [5.74, 6) is -5.80. The van der Waals surface area contributed by atoms with Crippen LogP contribution >= 0.6 is 0 Å². The molecule has 0 aromatic rings. The van der Waals surface area contributed by atoms with Crippen LogP contribution in [0.2, 0.25) is 0 Å². The van der Waals surface area contributed by atoms with Crippen LogP contribution in [0.3, 0.4) is 0 Å². The first-order chi connectivity index (χ1) is 9.23. The second kappa shape index (κ2) is 8.07. The third kappa shape index (κ3) is 6.11. The lowest BCUT2D eigenvalue weighted by Gasteiger charge is -2.26. The molecule has 0 bridgehead atoms. The zero-order chi connectivity index (χ0) is 15.8. The molecule has 0 unspecified atom stereocenters. The van der Waals surface area contributed by atoms with Crippen LogP contribution in [0.15, 0.2) is 0 Å². The SMILES string of the molecule is NCCNOC(=O)C(CC(=O)O)(CC(=O)O)CC(=O)O. The van der Waals surface area contributed by atoms with Gasteiger partial charge in [0.15, 0.2) is 0 Å². The molecule has 0 aliphatic carbocycles. The maximum absolute atomic E-state index is 11.8. The van der Waals surface area contributed by atoms with E-state index in [1.54, 1.807) is 0 Å². The van der Waals surface area contributed by atoms with Gasteiger partial charge in [-0.15, -0.1) is 0 Å². The molecule has 0 aliphatic rings. The van der Waals surface area contributed by atoms with Gasteiger partial charge >= 0.3 is 23.9 Å². The van der Waals surface area contributed by atoms with Crippen molar-refractivity contribution >= 4 is 23.9 Å². The van der Waals surface area contributed by atoms with Crippen LogP contribution in [-0.2, 0) is 24.0 Å². The Morgan fingerprint density at radius 2 is 1.35 bits per heavy atom. The Bertz CT molecular complexity index is 354. The highest BCUT2D eigenvalue weighted by atomic mass is 16.7. The number of carbonyl (C=O) groups is 4. The predicted molar refractivity (Wildman–Crippen MR) is 62.3 cm³/mol. The molecular weight excluding hydrogens is 276 g/mol. The highest BCUT2D eigenvalue weighted by Crippen LogP contribution is 2.33. The highest BCUT2D eigenvalue weighted by Gasteiger charge is 2.46. The summed E-state index contributed by atoms with van der Waals surface area (Å²) in [7, 11) is 0. The number of hydrogen-bond donors (Lipinski definition) is 5. The van der Waals surface area contributed by atoms with Gasteiger partial charge in [0.05, 0.1) is 19.3 Å². The van der Waals surface area contributed by atoms with E-state index >= 15 is 0 Å². The van der Waals surface area contributed by atoms with Crippen molar-refractivity contribution in [1.29, 1.82) is 0 Å². The van der Waals surface area contributed by atoms with Crippen molar-refractivity contribution < 1.29 is 39.3 Å². The molecule has 0 aliphatic heterocycles. The Morgan fingerprint density at radius 3 is 1.65 bits per heavy atom. The summed E-state index contributed by atoms with van der Waals surface area (Å²) >= 11 is 0. The fraction of sp³-hybridized carbons (Fsp3) is 0.600. The van der Waals surface area contributed by atoms with Crippen LogP contribution in [-0.4, -0.2) is 52.3 Å². The highest BCUT2D eigenvalue weighted by molar-refractivity contribution is 5.90.